The van der Waals surface area contributed by atoms with Gasteiger partial charge in [-0.15, -0.1) is 11.3 Å². The van der Waals surface area contributed by atoms with E-state index >= 15 is 0 Å². The summed E-state index contributed by atoms with van der Waals surface area (Å²) in [5.74, 6) is 1.11. The smallest absolute Gasteiger partial charge is 0.268 e. The number of anilines is 1. The molecular weight excluding hydrogens is 428 g/mol. The van der Waals surface area contributed by atoms with Crippen LogP contribution in [0.25, 0.3) is 22.5 Å². The average Bonchev–Trinajstić information content (AvgIpc) is 3.48. The number of hydrogen-bond acceptors (Lipinski definition) is 3. The lowest BCUT2D eigenvalue weighted by Gasteiger charge is -2.01. The quantitative estimate of drug-likeness (QED) is 0.430. The van der Waals surface area contributed by atoms with Gasteiger partial charge in [0.2, 0.25) is 0 Å². The first kappa shape index (κ1) is 20.0. The Hall–Kier alpha value is -2.96. The van der Waals surface area contributed by atoms with Crippen molar-refractivity contribution >= 4 is 34.0 Å². The zero-order valence-electron chi connectivity index (χ0n) is 17.1. The first-order chi connectivity index (χ1) is 15.1. The topological polar surface area (TPSA) is 50.8 Å². The number of fused-ring (bicyclic) bond motifs is 1. The monoisotopic (exact) mass is 449 g/mol. The van der Waals surface area contributed by atoms with Gasteiger partial charge in [0.25, 0.3) is 11.7 Å². The Bertz CT molecular complexity index is 1240. The molecule has 31 heavy (non-hydrogen) atoms. The summed E-state index contributed by atoms with van der Waals surface area (Å²) in [7, 11) is 0. The van der Waals surface area contributed by atoms with Crippen LogP contribution in [0.3, 0.4) is 0 Å². The van der Waals surface area contributed by atoms with Crippen LogP contribution in [0.2, 0.25) is 5.02 Å². The number of halogens is 1. The molecule has 1 N–H and O–H groups in total. The molecule has 4 aromatic rings. The van der Waals surface area contributed by atoms with Gasteiger partial charge in [0.05, 0.1) is 18.7 Å². The van der Waals surface area contributed by atoms with Crippen LogP contribution < -0.4 is 9.88 Å². The van der Waals surface area contributed by atoms with Crippen LogP contribution in [0.15, 0.2) is 60.1 Å². The Morgan fingerprint density at radius 2 is 1.90 bits per heavy atom. The van der Waals surface area contributed by atoms with E-state index in [1.807, 2.05) is 29.6 Å². The van der Waals surface area contributed by atoms with Crippen LogP contribution in [-0.4, -0.2) is 15.5 Å². The second-order valence-corrected chi connectivity index (χ2v) is 9.07. The molecule has 0 saturated heterocycles. The summed E-state index contributed by atoms with van der Waals surface area (Å²) in [6, 6.07) is 16.1. The predicted molar refractivity (Wildman–Crippen MR) is 124 cm³/mol. The van der Waals surface area contributed by atoms with Gasteiger partial charge >= 0.3 is 0 Å². The molecule has 0 atom stereocenters. The number of aromatic nitrogens is 3. The van der Waals surface area contributed by atoms with Crippen LogP contribution in [-0.2, 0) is 24.3 Å². The van der Waals surface area contributed by atoms with E-state index in [2.05, 4.69) is 56.8 Å². The maximum absolute atomic E-state index is 12.8. The van der Waals surface area contributed by atoms with Crippen LogP contribution in [0.4, 0.5) is 5.13 Å². The average molecular weight is 450 g/mol. The van der Waals surface area contributed by atoms with Gasteiger partial charge in [-0.1, -0.05) is 41.4 Å². The summed E-state index contributed by atoms with van der Waals surface area (Å²) in [4.78, 5) is 17.4. The van der Waals surface area contributed by atoms with Crippen molar-refractivity contribution in [3.63, 3.8) is 0 Å². The lowest BCUT2D eigenvalue weighted by Crippen LogP contribution is -2.42. The van der Waals surface area contributed by atoms with E-state index in [0.29, 0.717) is 5.13 Å². The number of nitrogens with one attached hydrogen (secondary N) is 1. The molecule has 0 saturated carbocycles. The van der Waals surface area contributed by atoms with E-state index in [4.69, 9.17) is 11.6 Å². The number of benzene rings is 2. The minimum absolute atomic E-state index is 0.0715. The zero-order valence-corrected chi connectivity index (χ0v) is 18.7. The summed E-state index contributed by atoms with van der Waals surface area (Å²) in [6.45, 7) is 3.29. The highest BCUT2D eigenvalue weighted by atomic mass is 35.5. The zero-order chi connectivity index (χ0) is 21.4. The van der Waals surface area contributed by atoms with Gasteiger partial charge in [0.1, 0.15) is 6.20 Å². The highest BCUT2D eigenvalue weighted by Crippen LogP contribution is 2.27. The Kier molecular flexibility index (Phi) is 5.34. The lowest BCUT2D eigenvalue weighted by molar-refractivity contribution is -0.690. The summed E-state index contributed by atoms with van der Waals surface area (Å²) < 4.78 is 4.36. The Labute approximate surface area is 190 Å². The van der Waals surface area contributed by atoms with E-state index in [9.17, 15) is 4.79 Å². The number of aryl methyl sites for hydroxylation is 1. The second-order valence-electron chi connectivity index (χ2n) is 7.77. The summed E-state index contributed by atoms with van der Waals surface area (Å²) in [5, 5.41) is 6.28. The molecule has 0 radical (unpaired) electrons. The fraction of sp³-hybridized carbons (Fsp3) is 0.208. The molecule has 3 heterocycles. The van der Waals surface area contributed by atoms with Gasteiger partial charge in [0.15, 0.2) is 17.4 Å². The number of carbonyl (C=O) groups excluding carboxylic acids is 1. The van der Waals surface area contributed by atoms with Crippen LogP contribution in [0.1, 0.15) is 17.8 Å². The third-order valence-corrected chi connectivity index (χ3v) is 6.56. The van der Waals surface area contributed by atoms with Crippen molar-refractivity contribution in [3.8, 4) is 22.5 Å². The minimum Gasteiger partial charge on any atom is -0.299 e. The standard InChI is InChI=1S/C24H21ClN4OS/c1-16-4-6-17(7-5-16)20-15-31-24(26-20)27-22(30)14-28-13-21(29-12-2-3-23(28)29)18-8-10-19(25)11-9-18/h4-11,13,15H,2-3,12,14H2,1H3/p+1. The van der Waals surface area contributed by atoms with Gasteiger partial charge in [-0.2, -0.15) is 0 Å². The lowest BCUT2D eigenvalue weighted by atomic mass is 10.1. The summed E-state index contributed by atoms with van der Waals surface area (Å²) in [5.41, 5.74) is 5.36. The Morgan fingerprint density at radius 3 is 2.68 bits per heavy atom. The van der Waals surface area contributed by atoms with Crippen LogP contribution in [0.5, 0.6) is 0 Å². The van der Waals surface area contributed by atoms with E-state index in [0.717, 1.165) is 46.9 Å². The van der Waals surface area contributed by atoms with Crippen LogP contribution >= 0.6 is 22.9 Å². The maximum Gasteiger partial charge on any atom is 0.268 e. The number of amides is 1. The van der Waals surface area contributed by atoms with Crippen molar-refractivity contribution < 1.29 is 9.36 Å². The normalized spacial score (nSPS) is 12.7. The fourth-order valence-electron chi connectivity index (χ4n) is 4.00. The predicted octanol–water partition coefficient (Wildman–Crippen LogP) is 5.11. The molecule has 1 amide bonds. The molecule has 0 bridgehead atoms. The maximum atomic E-state index is 12.8. The molecule has 0 unspecified atom stereocenters. The molecule has 5 nitrogen and oxygen atoms in total. The van der Waals surface area contributed by atoms with E-state index in [1.165, 1.54) is 22.7 Å². The molecule has 156 valence electrons. The van der Waals surface area contributed by atoms with E-state index in [1.54, 1.807) is 0 Å². The van der Waals surface area contributed by atoms with Crippen molar-refractivity contribution in [1.29, 1.82) is 0 Å². The van der Waals surface area contributed by atoms with E-state index in [-0.39, 0.29) is 12.5 Å². The number of hydrogen-bond donors (Lipinski definition) is 1. The number of thiazole rings is 1. The molecule has 2 aromatic carbocycles. The van der Waals surface area contributed by atoms with Gasteiger partial charge in [0, 0.05) is 21.5 Å². The van der Waals surface area contributed by atoms with Gasteiger partial charge < -0.3 is 0 Å². The third-order valence-electron chi connectivity index (χ3n) is 5.55. The van der Waals surface area contributed by atoms with Crippen LogP contribution in [0, 0.1) is 6.92 Å². The molecule has 7 heteroatoms. The number of imidazole rings is 1. The third kappa shape index (κ3) is 4.13. The van der Waals surface area contributed by atoms with Crippen molar-refractivity contribution in [2.75, 3.05) is 5.32 Å². The number of carbonyl (C=O) groups is 1. The number of nitrogens with zero attached hydrogens (tertiary/aromatic N) is 3. The Balaban J connectivity index is 1.33. The molecule has 0 aliphatic carbocycles. The minimum atomic E-state index is -0.0715. The highest BCUT2D eigenvalue weighted by molar-refractivity contribution is 7.14. The number of rotatable bonds is 5. The first-order valence-electron chi connectivity index (χ1n) is 10.3. The highest BCUT2D eigenvalue weighted by Gasteiger charge is 2.29. The molecule has 0 spiro atoms. The molecule has 0 fully saturated rings. The van der Waals surface area contributed by atoms with Crippen molar-refractivity contribution in [2.45, 2.75) is 32.9 Å². The largest absolute Gasteiger partial charge is 0.299 e. The molecule has 1 aliphatic heterocycles. The fourth-order valence-corrected chi connectivity index (χ4v) is 4.86. The van der Waals surface area contributed by atoms with Gasteiger partial charge in [-0.25, -0.2) is 14.1 Å². The van der Waals surface area contributed by atoms with Gasteiger partial charge in [-0.3, -0.25) is 10.1 Å². The summed E-state index contributed by atoms with van der Waals surface area (Å²) >= 11 is 7.49. The van der Waals surface area contributed by atoms with Crippen molar-refractivity contribution in [3.05, 3.63) is 76.5 Å². The van der Waals surface area contributed by atoms with E-state index < -0.39 is 0 Å². The molecule has 2 aromatic heterocycles. The molecule has 5 rings (SSSR count). The molecular formula is C24H22ClN4OS+. The summed E-state index contributed by atoms with van der Waals surface area (Å²) in [6.07, 6.45) is 4.12. The van der Waals surface area contributed by atoms with Crippen molar-refractivity contribution in [2.24, 2.45) is 0 Å². The second kappa shape index (κ2) is 8.29. The van der Waals surface area contributed by atoms with Crippen molar-refractivity contribution in [1.82, 2.24) is 9.55 Å². The SMILES string of the molecule is Cc1ccc(-c2csc(NC(=O)C[n+]3cc(-c4ccc(Cl)cc4)n4c3CCC4)n2)cc1. The van der Waals surface area contributed by atoms with Gasteiger partial charge in [-0.05, 0) is 37.6 Å². The Morgan fingerprint density at radius 1 is 1.16 bits per heavy atom. The first-order valence-corrected chi connectivity index (χ1v) is 11.5. The molecule has 1 aliphatic rings.